The molecule has 0 unspecified atom stereocenters. The number of hydrogen-bond donors (Lipinski definition) is 2. The Kier molecular flexibility index (Phi) is 4.78. The van der Waals surface area contributed by atoms with Gasteiger partial charge < -0.3 is 10.4 Å². The van der Waals surface area contributed by atoms with Crippen LogP contribution in [0.1, 0.15) is 26.6 Å². The first-order chi connectivity index (χ1) is 10.0. The number of thiazole rings is 1. The Balaban J connectivity index is 2.02. The molecule has 6 nitrogen and oxygen atoms in total. The minimum Gasteiger partial charge on any atom is -0.478 e. The summed E-state index contributed by atoms with van der Waals surface area (Å²) in [4.78, 5) is 30.6. The molecular formula is C14H13N3O3S. The van der Waals surface area contributed by atoms with Gasteiger partial charge in [0.1, 0.15) is 0 Å². The van der Waals surface area contributed by atoms with Crippen molar-refractivity contribution < 1.29 is 14.7 Å². The first kappa shape index (κ1) is 14.9. The second-order valence-corrected chi connectivity index (χ2v) is 5.28. The van der Waals surface area contributed by atoms with Gasteiger partial charge in [0.25, 0.3) is 5.91 Å². The molecule has 2 heterocycles. The molecule has 0 saturated heterocycles. The van der Waals surface area contributed by atoms with E-state index < -0.39 is 5.97 Å². The molecule has 1 amide bonds. The molecule has 21 heavy (non-hydrogen) atoms. The highest BCUT2D eigenvalue weighted by Crippen LogP contribution is 2.08. The summed E-state index contributed by atoms with van der Waals surface area (Å²) >= 11 is 1.52. The van der Waals surface area contributed by atoms with Crippen molar-refractivity contribution in [2.45, 2.75) is 13.5 Å². The van der Waals surface area contributed by atoms with Gasteiger partial charge in [-0.2, -0.15) is 0 Å². The van der Waals surface area contributed by atoms with Crippen LogP contribution in [0.2, 0.25) is 0 Å². The summed E-state index contributed by atoms with van der Waals surface area (Å²) in [6.07, 6.45) is 5.30. The van der Waals surface area contributed by atoms with Crippen molar-refractivity contribution in [1.82, 2.24) is 15.3 Å². The smallest absolute Gasteiger partial charge is 0.328 e. The van der Waals surface area contributed by atoms with Crippen molar-refractivity contribution in [2.75, 3.05) is 0 Å². The fourth-order valence-corrected chi connectivity index (χ4v) is 2.22. The quantitative estimate of drug-likeness (QED) is 0.823. The second-order valence-electron chi connectivity index (χ2n) is 4.22. The van der Waals surface area contributed by atoms with E-state index in [0.29, 0.717) is 17.7 Å². The Morgan fingerprint density at radius 2 is 2.24 bits per heavy atom. The number of nitrogens with zero attached hydrogens (tertiary/aromatic N) is 2. The maximum absolute atomic E-state index is 12.0. The SMILES string of the molecule is Cc1nc(CNC(=O)c2cncc(C=CC(=O)O)c2)cs1. The van der Waals surface area contributed by atoms with Crippen LogP contribution in [0.3, 0.4) is 0 Å². The summed E-state index contributed by atoms with van der Waals surface area (Å²) in [7, 11) is 0. The van der Waals surface area contributed by atoms with Gasteiger partial charge in [0.15, 0.2) is 0 Å². The Bertz CT molecular complexity index is 694. The van der Waals surface area contributed by atoms with Gasteiger partial charge in [0.05, 0.1) is 22.8 Å². The van der Waals surface area contributed by atoms with Gasteiger partial charge >= 0.3 is 5.97 Å². The summed E-state index contributed by atoms with van der Waals surface area (Å²) in [5.41, 5.74) is 1.73. The summed E-state index contributed by atoms with van der Waals surface area (Å²) in [6, 6.07) is 1.58. The number of carbonyl (C=O) groups is 2. The average molecular weight is 303 g/mol. The molecular weight excluding hydrogens is 290 g/mol. The molecule has 0 aromatic carbocycles. The zero-order valence-electron chi connectivity index (χ0n) is 11.2. The van der Waals surface area contributed by atoms with Crippen molar-refractivity contribution >= 4 is 29.3 Å². The van der Waals surface area contributed by atoms with Crippen molar-refractivity contribution in [2.24, 2.45) is 0 Å². The topological polar surface area (TPSA) is 92.2 Å². The first-order valence-electron chi connectivity index (χ1n) is 6.10. The van der Waals surface area contributed by atoms with E-state index in [0.717, 1.165) is 16.8 Å². The van der Waals surface area contributed by atoms with Gasteiger partial charge in [-0.15, -0.1) is 11.3 Å². The lowest BCUT2D eigenvalue weighted by molar-refractivity contribution is -0.131. The number of carboxylic acids is 1. The first-order valence-corrected chi connectivity index (χ1v) is 6.98. The lowest BCUT2D eigenvalue weighted by atomic mass is 10.2. The fraction of sp³-hybridized carbons (Fsp3) is 0.143. The number of pyridine rings is 1. The van der Waals surface area contributed by atoms with Crippen LogP contribution in [0, 0.1) is 6.92 Å². The zero-order chi connectivity index (χ0) is 15.2. The van der Waals surface area contributed by atoms with Crippen LogP contribution in [0.4, 0.5) is 0 Å². The molecule has 0 spiro atoms. The van der Waals surface area contributed by atoms with E-state index in [4.69, 9.17) is 5.11 Å². The molecule has 0 aliphatic heterocycles. The van der Waals surface area contributed by atoms with Crippen LogP contribution in [-0.4, -0.2) is 27.0 Å². The molecule has 2 aromatic heterocycles. The van der Waals surface area contributed by atoms with Gasteiger partial charge in [-0.3, -0.25) is 9.78 Å². The standard InChI is InChI=1S/C14H13N3O3S/c1-9-17-12(8-21-9)7-16-14(20)11-4-10(5-15-6-11)2-3-13(18)19/h2-6,8H,7H2,1H3,(H,16,20)(H,18,19). The molecule has 2 rings (SSSR count). The minimum absolute atomic E-state index is 0.279. The van der Waals surface area contributed by atoms with Crippen LogP contribution < -0.4 is 5.32 Å². The molecule has 0 aliphatic rings. The number of nitrogens with one attached hydrogen (secondary N) is 1. The normalized spacial score (nSPS) is 10.7. The van der Waals surface area contributed by atoms with Gasteiger partial charge in [-0.1, -0.05) is 0 Å². The predicted octanol–water partition coefficient (Wildman–Crippen LogP) is 1.87. The van der Waals surface area contributed by atoms with Crippen LogP contribution in [-0.2, 0) is 11.3 Å². The van der Waals surface area contributed by atoms with E-state index >= 15 is 0 Å². The highest BCUT2D eigenvalue weighted by atomic mass is 32.1. The summed E-state index contributed by atoms with van der Waals surface area (Å²) < 4.78 is 0. The Morgan fingerprint density at radius 1 is 1.43 bits per heavy atom. The molecule has 0 saturated carbocycles. The van der Waals surface area contributed by atoms with Crippen LogP contribution >= 0.6 is 11.3 Å². The van der Waals surface area contributed by atoms with Crippen molar-refractivity contribution in [1.29, 1.82) is 0 Å². The number of hydrogen-bond acceptors (Lipinski definition) is 5. The molecule has 0 fully saturated rings. The van der Waals surface area contributed by atoms with E-state index in [1.165, 1.54) is 29.8 Å². The van der Waals surface area contributed by atoms with Crippen molar-refractivity contribution in [3.8, 4) is 0 Å². The van der Waals surface area contributed by atoms with Gasteiger partial charge in [0, 0.05) is 23.8 Å². The Hall–Kier alpha value is -2.54. The number of aryl methyl sites for hydroxylation is 1. The van der Waals surface area contributed by atoms with Gasteiger partial charge in [-0.05, 0) is 24.6 Å². The molecule has 0 radical (unpaired) electrons. The second kappa shape index (κ2) is 6.76. The fourth-order valence-electron chi connectivity index (χ4n) is 1.60. The summed E-state index contributed by atoms with van der Waals surface area (Å²) in [6.45, 7) is 2.25. The third kappa shape index (κ3) is 4.50. The lowest BCUT2D eigenvalue weighted by Gasteiger charge is -2.03. The van der Waals surface area contributed by atoms with E-state index in [2.05, 4.69) is 15.3 Å². The van der Waals surface area contributed by atoms with Gasteiger partial charge in [-0.25, -0.2) is 9.78 Å². The minimum atomic E-state index is -1.05. The van der Waals surface area contributed by atoms with Crippen LogP contribution in [0.5, 0.6) is 0 Å². The van der Waals surface area contributed by atoms with Gasteiger partial charge in [0.2, 0.25) is 0 Å². The molecule has 108 valence electrons. The predicted molar refractivity (Wildman–Crippen MR) is 78.9 cm³/mol. The average Bonchev–Trinajstić information content (AvgIpc) is 2.88. The van der Waals surface area contributed by atoms with E-state index in [-0.39, 0.29) is 5.91 Å². The van der Waals surface area contributed by atoms with Crippen molar-refractivity contribution in [3.05, 3.63) is 51.7 Å². The lowest BCUT2D eigenvalue weighted by Crippen LogP contribution is -2.23. The van der Waals surface area contributed by atoms with E-state index in [1.54, 1.807) is 6.07 Å². The molecule has 0 atom stereocenters. The molecule has 2 N–H and O–H groups in total. The monoisotopic (exact) mass is 303 g/mol. The number of amides is 1. The maximum atomic E-state index is 12.0. The number of rotatable bonds is 5. The summed E-state index contributed by atoms with van der Waals surface area (Å²) in [5, 5.41) is 14.2. The number of carboxylic acid groups (broad SMARTS) is 1. The molecule has 0 bridgehead atoms. The summed E-state index contributed by atoms with van der Waals surface area (Å²) in [5.74, 6) is -1.33. The van der Waals surface area contributed by atoms with Crippen LogP contribution in [0.25, 0.3) is 6.08 Å². The Morgan fingerprint density at radius 3 is 2.90 bits per heavy atom. The van der Waals surface area contributed by atoms with E-state index in [1.807, 2.05) is 12.3 Å². The zero-order valence-corrected chi connectivity index (χ0v) is 12.1. The van der Waals surface area contributed by atoms with Crippen molar-refractivity contribution in [3.63, 3.8) is 0 Å². The van der Waals surface area contributed by atoms with E-state index in [9.17, 15) is 9.59 Å². The highest BCUT2D eigenvalue weighted by molar-refractivity contribution is 7.09. The number of carbonyl (C=O) groups excluding carboxylic acids is 1. The maximum Gasteiger partial charge on any atom is 0.328 e. The third-order valence-corrected chi connectivity index (χ3v) is 3.36. The van der Waals surface area contributed by atoms with Crippen LogP contribution in [0.15, 0.2) is 29.9 Å². The largest absolute Gasteiger partial charge is 0.478 e. The Labute approximate surface area is 125 Å². The highest BCUT2D eigenvalue weighted by Gasteiger charge is 2.07. The number of aromatic nitrogens is 2. The molecule has 2 aromatic rings. The molecule has 0 aliphatic carbocycles. The molecule has 7 heteroatoms. The third-order valence-electron chi connectivity index (χ3n) is 2.54. The number of aliphatic carboxylic acids is 1.